The largest absolute Gasteiger partial charge is 0.398 e. The van der Waals surface area contributed by atoms with Gasteiger partial charge in [0, 0.05) is 34.7 Å². The molecule has 0 aliphatic carbocycles. The summed E-state index contributed by atoms with van der Waals surface area (Å²) in [5.74, 6) is -0.917. The summed E-state index contributed by atoms with van der Waals surface area (Å²) in [4.78, 5) is 47.9. The third-order valence-electron chi connectivity index (χ3n) is 4.77. The Morgan fingerprint density at radius 3 is 2.74 bits per heavy atom. The van der Waals surface area contributed by atoms with Gasteiger partial charge < -0.3 is 15.9 Å². The Morgan fingerprint density at radius 2 is 2.17 bits per heavy atom. The summed E-state index contributed by atoms with van der Waals surface area (Å²) in [5.41, 5.74) is 6.24. The standard InChI is InChI=1S/C17H22N6O7S5/c1-30-22-10(9-6-33-17(18)20-9)13(24)21-11-14(25)23-12(16(26)31)8(5-32-15(11)23)3-4-19-35(28,29)7-34(2)27/h6,11,15,19H,3-5,7H2,1-2H3,(H2,18,20)(H,21,24)(H,26,31)/b22-10-/t11?,15-,34?/m1/s1. The molecule has 3 rings (SSSR count). The molecule has 192 valence electrons. The maximum atomic E-state index is 12.9. The second-order valence-electron chi connectivity index (χ2n) is 7.26. The quantitative estimate of drug-likeness (QED) is 0.107. The molecule has 2 aliphatic heterocycles. The summed E-state index contributed by atoms with van der Waals surface area (Å²) in [7, 11) is -4.02. The lowest BCUT2D eigenvalue weighted by molar-refractivity contribution is -0.146. The fraction of sp³-hybridized carbons (Fsp3) is 0.471. The van der Waals surface area contributed by atoms with Crippen LogP contribution in [0.15, 0.2) is 21.8 Å². The number of nitrogens with two attached hydrogens (primary N) is 1. The Morgan fingerprint density at radius 1 is 1.46 bits per heavy atom. The number of fused-ring (bicyclic) bond motifs is 1. The molecule has 18 heteroatoms. The van der Waals surface area contributed by atoms with Crippen molar-refractivity contribution in [3.05, 3.63) is 22.3 Å². The predicted octanol–water partition coefficient (Wildman–Crippen LogP) is -1.17. The number of nitrogens with zero attached hydrogens (tertiary/aromatic N) is 3. The number of hydrogen-bond donors (Lipinski definition) is 4. The number of nitrogens with one attached hydrogen (secondary N) is 2. The monoisotopic (exact) mass is 582 g/mol. The van der Waals surface area contributed by atoms with Crippen molar-refractivity contribution in [2.45, 2.75) is 17.8 Å². The molecule has 0 spiro atoms. The Kier molecular flexibility index (Phi) is 8.97. The van der Waals surface area contributed by atoms with E-state index in [2.05, 4.69) is 32.8 Å². The van der Waals surface area contributed by atoms with Gasteiger partial charge in [0.2, 0.25) is 15.1 Å². The van der Waals surface area contributed by atoms with Crippen LogP contribution in [0.25, 0.3) is 0 Å². The highest BCUT2D eigenvalue weighted by Crippen LogP contribution is 2.41. The number of β-lactam (4-membered cyclic amide) rings is 1. The van der Waals surface area contributed by atoms with Gasteiger partial charge in [0.05, 0.1) is 5.70 Å². The predicted molar refractivity (Wildman–Crippen MR) is 137 cm³/mol. The summed E-state index contributed by atoms with van der Waals surface area (Å²) >= 11 is 6.30. The molecule has 3 heterocycles. The minimum absolute atomic E-state index is 0.0412. The molecule has 1 saturated heterocycles. The Bertz CT molecular complexity index is 1230. The van der Waals surface area contributed by atoms with E-state index in [1.54, 1.807) is 0 Å². The molecular weight excluding hydrogens is 561 g/mol. The number of amides is 2. The Hall–Kier alpha value is -1.99. The van der Waals surface area contributed by atoms with Crippen LogP contribution < -0.4 is 15.8 Å². The highest BCUT2D eigenvalue weighted by atomic mass is 32.3. The Balaban J connectivity index is 1.71. The van der Waals surface area contributed by atoms with Crippen molar-refractivity contribution in [3.63, 3.8) is 0 Å². The van der Waals surface area contributed by atoms with Gasteiger partial charge in [0.15, 0.2) is 10.8 Å². The van der Waals surface area contributed by atoms with Crippen LogP contribution >= 0.6 is 35.7 Å². The van der Waals surface area contributed by atoms with E-state index in [9.17, 15) is 27.0 Å². The van der Waals surface area contributed by atoms with E-state index in [1.807, 2.05) is 0 Å². The number of aromatic nitrogens is 1. The second-order valence-corrected chi connectivity index (χ2v) is 13.3. The molecule has 2 amide bonds. The fourth-order valence-corrected chi connectivity index (χ4v) is 8.09. The van der Waals surface area contributed by atoms with Crippen LogP contribution in [0.1, 0.15) is 12.1 Å². The van der Waals surface area contributed by atoms with Crippen LogP contribution in [0.5, 0.6) is 0 Å². The summed E-state index contributed by atoms with van der Waals surface area (Å²) < 4.78 is 37.3. The molecule has 1 fully saturated rings. The van der Waals surface area contributed by atoms with Crippen molar-refractivity contribution in [2.24, 2.45) is 5.16 Å². The van der Waals surface area contributed by atoms with E-state index in [0.717, 1.165) is 11.3 Å². The zero-order valence-corrected chi connectivity index (χ0v) is 22.6. The van der Waals surface area contributed by atoms with Crippen LogP contribution in [-0.4, -0.2) is 87.3 Å². The topological polar surface area (TPSA) is 190 Å². The van der Waals surface area contributed by atoms with Crippen molar-refractivity contribution in [2.75, 3.05) is 36.5 Å². The molecule has 3 atom stereocenters. The average Bonchev–Trinajstić information content (AvgIpc) is 3.19. The lowest BCUT2D eigenvalue weighted by atomic mass is 10.0. The van der Waals surface area contributed by atoms with Crippen molar-refractivity contribution in [3.8, 4) is 0 Å². The lowest BCUT2D eigenvalue weighted by Gasteiger charge is -2.49. The number of thiazole rings is 1. The normalized spacial score (nSPS) is 21.3. The molecule has 35 heavy (non-hydrogen) atoms. The number of thiol groups is 1. The molecule has 13 nitrogen and oxygen atoms in total. The molecule has 2 aliphatic rings. The SMILES string of the molecule is CO/N=C(\C(=O)NC1C(=O)N2C(C(=O)S)=C(CCNS(=O)(=O)CS(C)=O)CS[C@H]12)c1csc(N)n1. The zero-order valence-electron chi connectivity index (χ0n) is 18.4. The van der Waals surface area contributed by atoms with E-state index in [-0.39, 0.29) is 35.2 Å². The molecule has 0 aromatic carbocycles. The van der Waals surface area contributed by atoms with Gasteiger partial charge in [-0.05, 0) is 12.0 Å². The molecule has 4 N–H and O–H groups in total. The first-order valence-electron chi connectivity index (χ1n) is 9.76. The van der Waals surface area contributed by atoms with Crippen molar-refractivity contribution in [1.82, 2.24) is 19.9 Å². The maximum Gasteiger partial charge on any atom is 0.276 e. The molecule has 0 saturated carbocycles. The third kappa shape index (κ3) is 6.42. The van der Waals surface area contributed by atoms with E-state index in [1.165, 1.54) is 35.4 Å². The highest BCUT2D eigenvalue weighted by molar-refractivity contribution is 8.03. The average molecular weight is 583 g/mol. The number of hydrogen-bond acceptors (Lipinski definition) is 12. The smallest absolute Gasteiger partial charge is 0.276 e. The number of carbonyl (C=O) groups is 3. The van der Waals surface area contributed by atoms with Gasteiger partial charge in [-0.3, -0.25) is 23.5 Å². The summed E-state index contributed by atoms with van der Waals surface area (Å²) in [6.07, 6.45) is 1.42. The third-order valence-corrected chi connectivity index (χ3v) is 10.2. The van der Waals surface area contributed by atoms with Gasteiger partial charge in [-0.2, -0.15) is 0 Å². The number of sulfonamides is 1. The van der Waals surface area contributed by atoms with Gasteiger partial charge in [-0.15, -0.1) is 23.1 Å². The summed E-state index contributed by atoms with van der Waals surface area (Å²) in [5, 5.41) is 6.28. The van der Waals surface area contributed by atoms with Crippen molar-refractivity contribution < 1.29 is 31.8 Å². The van der Waals surface area contributed by atoms with Gasteiger partial charge in [-0.1, -0.05) is 17.8 Å². The number of carbonyl (C=O) groups excluding carboxylic acids is 3. The van der Waals surface area contributed by atoms with Crippen LogP contribution in [0.2, 0.25) is 0 Å². The zero-order chi connectivity index (χ0) is 25.9. The molecule has 0 radical (unpaired) electrons. The van der Waals surface area contributed by atoms with Crippen LogP contribution in [0.4, 0.5) is 5.13 Å². The van der Waals surface area contributed by atoms with Crippen molar-refractivity contribution in [1.29, 1.82) is 0 Å². The van der Waals surface area contributed by atoms with Crippen LogP contribution in [0.3, 0.4) is 0 Å². The molecule has 1 aromatic heterocycles. The molecular formula is C17H22N6O7S5. The number of rotatable bonds is 11. The number of anilines is 1. The van der Waals surface area contributed by atoms with Gasteiger partial charge in [-0.25, -0.2) is 18.1 Å². The van der Waals surface area contributed by atoms with Gasteiger partial charge in [0.1, 0.15) is 29.3 Å². The number of oxime groups is 1. The lowest BCUT2D eigenvalue weighted by Crippen LogP contribution is -2.70. The highest BCUT2D eigenvalue weighted by Gasteiger charge is 2.53. The summed E-state index contributed by atoms with van der Waals surface area (Å²) in [6, 6.07) is -0.937. The van der Waals surface area contributed by atoms with Gasteiger partial charge in [0.25, 0.3) is 11.8 Å². The number of thioether (sulfide) groups is 1. The maximum absolute atomic E-state index is 12.9. The minimum atomic E-state index is -3.74. The van der Waals surface area contributed by atoms with Crippen LogP contribution in [0, 0.1) is 0 Å². The second kappa shape index (κ2) is 11.4. The first-order valence-corrected chi connectivity index (χ1v) is 15.5. The van der Waals surface area contributed by atoms with E-state index in [4.69, 9.17) is 10.6 Å². The van der Waals surface area contributed by atoms with E-state index >= 15 is 0 Å². The Labute approximate surface area is 217 Å². The first kappa shape index (κ1) is 27.6. The van der Waals surface area contributed by atoms with Gasteiger partial charge >= 0.3 is 0 Å². The van der Waals surface area contributed by atoms with E-state index in [0.29, 0.717) is 11.3 Å². The van der Waals surface area contributed by atoms with Crippen LogP contribution in [-0.2, 0) is 40.0 Å². The minimum Gasteiger partial charge on any atom is -0.398 e. The fourth-order valence-electron chi connectivity index (χ4n) is 3.39. The van der Waals surface area contributed by atoms with E-state index < -0.39 is 54.3 Å². The number of nitrogen functional groups attached to an aromatic ring is 1. The molecule has 2 unspecified atom stereocenters. The summed E-state index contributed by atoms with van der Waals surface area (Å²) in [6.45, 7) is -0.0412. The molecule has 1 aromatic rings. The first-order chi connectivity index (χ1) is 16.4. The van der Waals surface area contributed by atoms with Crippen molar-refractivity contribution >= 4 is 84.3 Å². The molecule has 0 bridgehead atoms.